The van der Waals surface area contributed by atoms with Gasteiger partial charge in [0.05, 0.1) is 11.5 Å². The molecular formula is C28H31NO2. The largest absolute Gasteiger partial charge is 0.426 e. The van der Waals surface area contributed by atoms with E-state index in [0.29, 0.717) is 16.9 Å². The maximum atomic E-state index is 12.6. The van der Waals surface area contributed by atoms with Crippen LogP contribution in [-0.4, -0.2) is 5.97 Å². The van der Waals surface area contributed by atoms with Gasteiger partial charge in [-0.1, -0.05) is 57.1 Å². The zero-order chi connectivity index (χ0) is 22.1. The van der Waals surface area contributed by atoms with E-state index >= 15 is 0 Å². The fourth-order valence-corrected chi connectivity index (χ4v) is 4.13. The molecule has 0 saturated heterocycles. The van der Waals surface area contributed by atoms with Crippen molar-refractivity contribution in [2.24, 2.45) is 11.8 Å². The second-order valence-corrected chi connectivity index (χ2v) is 8.40. The molecule has 0 aromatic heterocycles. The van der Waals surface area contributed by atoms with Crippen molar-refractivity contribution in [2.75, 3.05) is 0 Å². The third-order valence-corrected chi connectivity index (χ3v) is 6.18. The second-order valence-electron chi connectivity index (χ2n) is 8.40. The summed E-state index contributed by atoms with van der Waals surface area (Å²) >= 11 is 0. The van der Waals surface area contributed by atoms with Crippen LogP contribution in [0.15, 0.2) is 42.5 Å². The summed E-state index contributed by atoms with van der Waals surface area (Å²) in [7, 11) is 0. The minimum absolute atomic E-state index is 0.0334. The number of unbranched alkanes of at least 4 members (excludes halogenated alkanes) is 1. The van der Waals surface area contributed by atoms with Crippen LogP contribution in [0.3, 0.4) is 0 Å². The Morgan fingerprint density at radius 2 is 1.74 bits per heavy atom. The highest BCUT2D eigenvalue weighted by Crippen LogP contribution is 2.33. The van der Waals surface area contributed by atoms with Crippen LogP contribution < -0.4 is 4.74 Å². The smallest absolute Gasteiger partial charge is 0.314 e. The highest BCUT2D eigenvalue weighted by atomic mass is 16.5. The van der Waals surface area contributed by atoms with Gasteiger partial charge < -0.3 is 4.74 Å². The average Bonchev–Trinajstić information content (AvgIpc) is 2.82. The minimum atomic E-state index is -0.173. The first-order valence-corrected chi connectivity index (χ1v) is 11.5. The highest BCUT2D eigenvalue weighted by molar-refractivity contribution is 5.75. The standard InChI is InChI=1S/C28H31NO2/c1-3-5-6-22-12-15-25(16-13-22)28(30)31-27-18-17-24(26(19-27)20-29)14-11-23-9-7-21(4-2)8-10-23/h7-10,17-19,22,25H,3-6,12-13,15-16H2,1-2H3. The van der Waals surface area contributed by atoms with Crippen molar-refractivity contribution in [3.63, 3.8) is 0 Å². The summed E-state index contributed by atoms with van der Waals surface area (Å²) in [6, 6.07) is 15.4. The summed E-state index contributed by atoms with van der Waals surface area (Å²) in [5.74, 6) is 7.15. The molecule has 160 valence electrons. The molecular weight excluding hydrogens is 382 g/mol. The molecule has 1 aliphatic carbocycles. The molecule has 0 heterocycles. The normalized spacial score (nSPS) is 17.8. The summed E-state index contributed by atoms with van der Waals surface area (Å²) in [6.45, 7) is 4.34. The molecule has 31 heavy (non-hydrogen) atoms. The molecule has 1 aliphatic rings. The molecule has 0 spiro atoms. The van der Waals surface area contributed by atoms with Crippen LogP contribution in [0.5, 0.6) is 5.75 Å². The number of esters is 1. The number of nitrogens with zero attached hydrogens (tertiary/aromatic N) is 1. The molecule has 0 unspecified atom stereocenters. The van der Waals surface area contributed by atoms with Crippen molar-refractivity contribution in [1.82, 2.24) is 0 Å². The molecule has 0 radical (unpaired) electrons. The van der Waals surface area contributed by atoms with E-state index in [9.17, 15) is 10.1 Å². The summed E-state index contributed by atoms with van der Waals surface area (Å²) < 4.78 is 5.62. The number of carbonyl (C=O) groups is 1. The van der Waals surface area contributed by atoms with Crippen molar-refractivity contribution in [2.45, 2.75) is 65.2 Å². The van der Waals surface area contributed by atoms with Crippen molar-refractivity contribution >= 4 is 5.97 Å². The summed E-state index contributed by atoms with van der Waals surface area (Å²) in [5, 5.41) is 9.53. The Hall–Kier alpha value is -3.04. The Bertz CT molecular complexity index is 980. The lowest BCUT2D eigenvalue weighted by Crippen LogP contribution is -2.25. The van der Waals surface area contributed by atoms with E-state index in [1.165, 1.54) is 24.8 Å². The Labute approximate surface area is 186 Å². The van der Waals surface area contributed by atoms with Crippen LogP contribution in [0.25, 0.3) is 0 Å². The molecule has 1 fully saturated rings. The van der Waals surface area contributed by atoms with E-state index in [1.54, 1.807) is 18.2 Å². The molecule has 2 aromatic rings. The minimum Gasteiger partial charge on any atom is -0.426 e. The second kappa shape index (κ2) is 11.4. The maximum absolute atomic E-state index is 12.6. The van der Waals surface area contributed by atoms with Gasteiger partial charge in [0.25, 0.3) is 0 Å². The lowest BCUT2D eigenvalue weighted by atomic mass is 9.80. The predicted octanol–water partition coefficient (Wildman–Crippen LogP) is 6.42. The van der Waals surface area contributed by atoms with Crippen molar-refractivity contribution in [1.29, 1.82) is 5.26 Å². The highest BCUT2D eigenvalue weighted by Gasteiger charge is 2.27. The van der Waals surface area contributed by atoms with E-state index in [4.69, 9.17) is 4.74 Å². The summed E-state index contributed by atoms with van der Waals surface area (Å²) in [4.78, 5) is 12.6. The molecule has 0 atom stereocenters. The first-order chi connectivity index (χ1) is 15.1. The van der Waals surface area contributed by atoms with Gasteiger partial charge in [-0.15, -0.1) is 0 Å². The van der Waals surface area contributed by atoms with Gasteiger partial charge in [0.15, 0.2) is 0 Å². The Morgan fingerprint density at radius 1 is 1.00 bits per heavy atom. The lowest BCUT2D eigenvalue weighted by molar-refractivity contribution is -0.140. The number of ether oxygens (including phenoxy) is 1. The number of hydrogen-bond donors (Lipinski definition) is 0. The average molecular weight is 414 g/mol. The Morgan fingerprint density at radius 3 is 2.39 bits per heavy atom. The van der Waals surface area contributed by atoms with Crippen LogP contribution in [-0.2, 0) is 11.2 Å². The first kappa shape index (κ1) is 22.6. The van der Waals surface area contributed by atoms with Gasteiger partial charge in [0.2, 0.25) is 0 Å². The van der Waals surface area contributed by atoms with Crippen LogP contribution in [0.2, 0.25) is 0 Å². The Balaban J connectivity index is 1.62. The van der Waals surface area contributed by atoms with Crippen LogP contribution in [0.1, 0.15) is 81.0 Å². The third kappa shape index (κ3) is 6.47. The van der Waals surface area contributed by atoms with Gasteiger partial charge in [0.1, 0.15) is 11.8 Å². The molecule has 3 nitrogen and oxygen atoms in total. The Kier molecular flexibility index (Phi) is 8.31. The molecule has 0 N–H and O–H groups in total. The fourth-order valence-electron chi connectivity index (χ4n) is 4.13. The quantitative estimate of drug-likeness (QED) is 0.312. The molecule has 1 saturated carbocycles. The lowest BCUT2D eigenvalue weighted by Gasteiger charge is -2.27. The molecule has 3 rings (SSSR count). The van der Waals surface area contributed by atoms with E-state index < -0.39 is 0 Å². The molecule has 0 bridgehead atoms. The number of hydrogen-bond acceptors (Lipinski definition) is 3. The van der Waals surface area contributed by atoms with Crippen molar-refractivity contribution < 1.29 is 9.53 Å². The summed E-state index contributed by atoms with van der Waals surface area (Å²) in [5.41, 5.74) is 3.24. The zero-order valence-electron chi connectivity index (χ0n) is 18.6. The molecule has 2 aromatic carbocycles. The zero-order valence-corrected chi connectivity index (χ0v) is 18.6. The van der Waals surface area contributed by atoms with Crippen LogP contribution >= 0.6 is 0 Å². The van der Waals surface area contributed by atoms with E-state index in [1.807, 2.05) is 12.1 Å². The molecule has 0 aliphatic heterocycles. The number of benzene rings is 2. The molecule has 0 amide bonds. The molecule has 3 heteroatoms. The van der Waals surface area contributed by atoms with E-state index in [2.05, 4.69) is 43.9 Å². The predicted molar refractivity (Wildman–Crippen MR) is 124 cm³/mol. The van der Waals surface area contributed by atoms with Gasteiger partial charge >= 0.3 is 5.97 Å². The monoisotopic (exact) mass is 413 g/mol. The fraction of sp³-hybridized carbons (Fsp3) is 0.429. The van der Waals surface area contributed by atoms with Crippen LogP contribution in [0, 0.1) is 35.0 Å². The van der Waals surface area contributed by atoms with Crippen molar-refractivity contribution in [3.05, 3.63) is 64.7 Å². The topological polar surface area (TPSA) is 50.1 Å². The van der Waals surface area contributed by atoms with E-state index in [-0.39, 0.29) is 11.9 Å². The van der Waals surface area contributed by atoms with Gasteiger partial charge in [0, 0.05) is 11.1 Å². The van der Waals surface area contributed by atoms with Gasteiger partial charge in [-0.2, -0.15) is 5.26 Å². The number of aryl methyl sites for hydroxylation is 1. The summed E-state index contributed by atoms with van der Waals surface area (Å²) in [6.07, 6.45) is 8.79. The van der Waals surface area contributed by atoms with Crippen molar-refractivity contribution in [3.8, 4) is 23.7 Å². The maximum Gasteiger partial charge on any atom is 0.314 e. The van der Waals surface area contributed by atoms with Gasteiger partial charge in [-0.25, -0.2) is 0 Å². The first-order valence-electron chi connectivity index (χ1n) is 11.5. The van der Waals surface area contributed by atoms with Gasteiger partial charge in [-0.05, 0) is 73.9 Å². The third-order valence-electron chi connectivity index (χ3n) is 6.18. The van der Waals surface area contributed by atoms with Gasteiger partial charge in [-0.3, -0.25) is 4.79 Å². The number of carbonyl (C=O) groups excluding carboxylic acids is 1. The number of nitriles is 1. The number of rotatable bonds is 6. The van der Waals surface area contributed by atoms with E-state index in [0.717, 1.165) is 43.6 Å². The SMILES string of the molecule is CCCCC1CCC(C(=O)Oc2ccc(C#Cc3ccc(CC)cc3)c(C#N)c2)CC1. The van der Waals surface area contributed by atoms with Crippen LogP contribution in [0.4, 0.5) is 0 Å².